The maximum Gasteiger partial charge on any atom is 0.149 e. The summed E-state index contributed by atoms with van der Waals surface area (Å²) in [6, 6.07) is 7.44. The van der Waals surface area contributed by atoms with Crippen LogP contribution in [0.1, 0.15) is 20.8 Å². The van der Waals surface area contributed by atoms with E-state index in [1.807, 2.05) is 31.2 Å². The molecule has 0 aliphatic carbocycles. The van der Waals surface area contributed by atoms with Crippen LogP contribution in [0.5, 0.6) is 5.75 Å². The van der Waals surface area contributed by atoms with Crippen molar-refractivity contribution >= 4 is 15.5 Å². The molecule has 0 bridgehead atoms. The molecule has 0 spiro atoms. The van der Waals surface area contributed by atoms with Crippen LogP contribution in [0.3, 0.4) is 0 Å². The van der Waals surface area contributed by atoms with Gasteiger partial charge in [0, 0.05) is 12.3 Å². The monoisotopic (exact) mass is 285 g/mol. The molecule has 1 aromatic carbocycles. The highest BCUT2D eigenvalue weighted by molar-refractivity contribution is 7.90. The van der Waals surface area contributed by atoms with Gasteiger partial charge in [-0.3, -0.25) is 0 Å². The van der Waals surface area contributed by atoms with Gasteiger partial charge in [0.05, 0.1) is 18.0 Å². The Morgan fingerprint density at radius 1 is 1.21 bits per heavy atom. The molecule has 0 saturated heterocycles. The maximum atomic E-state index is 11.3. The molecular formula is C14H23NO3S. The summed E-state index contributed by atoms with van der Waals surface area (Å²) in [7, 11) is -2.99. The molecule has 0 fully saturated rings. The van der Waals surface area contributed by atoms with Crippen LogP contribution < -0.4 is 10.1 Å². The third-order valence-electron chi connectivity index (χ3n) is 2.41. The minimum Gasteiger partial charge on any atom is -0.491 e. The van der Waals surface area contributed by atoms with E-state index < -0.39 is 9.84 Å². The molecular weight excluding hydrogens is 262 g/mol. The van der Waals surface area contributed by atoms with Gasteiger partial charge in [-0.2, -0.15) is 0 Å². The Morgan fingerprint density at radius 2 is 1.84 bits per heavy atom. The molecule has 0 aliphatic rings. The fourth-order valence-electron chi connectivity index (χ4n) is 1.73. The zero-order valence-electron chi connectivity index (χ0n) is 12.0. The zero-order chi connectivity index (χ0) is 14.5. The van der Waals surface area contributed by atoms with E-state index in [4.69, 9.17) is 4.74 Å². The Balaban J connectivity index is 2.72. The van der Waals surface area contributed by atoms with Crippen molar-refractivity contribution < 1.29 is 13.2 Å². The minimum absolute atomic E-state index is 0.103. The normalized spacial score (nSPS) is 13.3. The number of rotatable bonds is 7. The van der Waals surface area contributed by atoms with Crippen LogP contribution in [0, 0.1) is 5.92 Å². The molecule has 0 radical (unpaired) electrons. The number of benzene rings is 1. The summed E-state index contributed by atoms with van der Waals surface area (Å²) in [6.07, 6.45) is 1.24. The lowest BCUT2D eigenvalue weighted by molar-refractivity contribution is 0.272. The van der Waals surface area contributed by atoms with Crippen LogP contribution in [-0.2, 0) is 9.84 Å². The number of hydrogen-bond acceptors (Lipinski definition) is 4. The zero-order valence-corrected chi connectivity index (χ0v) is 12.8. The molecule has 1 rings (SSSR count). The second kappa shape index (κ2) is 6.80. The van der Waals surface area contributed by atoms with E-state index in [9.17, 15) is 8.42 Å². The number of sulfone groups is 1. The van der Waals surface area contributed by atoms with E-state index in [0.717, 1.165) is 11.4 Å². The van der Waals surface area contributed by atoms with Crippen molar-refractivity contribution in [1.29, 1.82) is 0 Å². The van der Waals surface area contributed by atoms with Crippen LogP contribution in [0.15, 0.2) is 24.3 Å². The predicted octanol–water partition coefficient (Wildman–Crippen LogP) is 2.57. The highest BCUT2D eigenvalue weighted by Gasteiger charge is 2.12. The van der Waals surface area contributed by atoms with Gasteiger partial charge in [-0.15, -0.1) is 0 Å². The third kappa shape index (κ3) is 6.47. The van der Waals surface area contributed by atoms with Crippen LogP contribution in [0.25, 0.3) is 0 Å². The van der Waals surface area contributed by atoms with Crippen molar-refractivity contribution in [2.75, 3.05) is 23.9 Å². The van der Waals surface area contributed by atoms with Gasteiger partial charge in [-0.05, 0) is 25.0 Å². The topological polar surface area (TPSA) is 55.4 Å². The second-order valence-electron chi connectivity index (χ2n) is 5.34. The van der Waals surface area contributed by atoms with Gasteiger partial charge >= 0.3 is 0 Å². The van der Waals surface area contributed by atoms with Crippen molar-refractivity contribution in [3.05, 3.63) is 24.3 Å². The van der Waals surface area contributed by atoms with Gasteiger partial charge < -0.3 is 10.1 Å². The molecule has 0 aromatic heterocycles. The van der Waals surface area contributed by atoms with Gasteiger partial charge in [0.15, 0.2) is 0 Å². The average Bonchev–Trinajstić information content (AvgIpc) is 2.25. The van der Waals surface area contributed by atoms with Crippen LogP contribution in [0.2, 0.25) is 0 Å². The Bertz CT molecular complexity index is 497. The molecule has 0 saturated carbocycles. The molecule has 0 aliphatic heterocycles. The van der Waals surface area contributed by atoms with E-state index in [-0.39, 0.29) is 11.8 Å². The SMILES string of the molecule is CC(C)COc1ccccc1NC(C)CS(C)(=O)=O. The number of anilines is 1. The Kier molecular flexibility index (Phi) is 5.66. The summed E-state index contributed by atoms with van der Waals surface area (Å²) in [4.78, 5) is 0. The first-order chi connectivity index (χ1) is 8.78. The van der Waals surface area contributed by atoms with Gasteiger partial charge in [-0.1, -0.05) is 26.0 Å². The van der Waals surface area contributed by atoms with Gasteiger partial charge in [-0.25, -0.2) is 8.42 Å². The largest absolute Gasteiger partial charge is 0.491 e. The molecule has 1 N–H and O–H groups in total. The van der Waals surface area contributed by atoms with Crippen LogP contribution in [-0.4, -0.2) is 33.1 Å². The molecule has 5 heteroatoms. The Morgan fingerprint density at radius 3 is 2.42 bits per heavy atom. The molecule has 108 valence electrons. The molecule has 0 heterocycles. The van der Waals surface area contributed by atoms with Crippen LogP contribution in [0.4, 0.5) is 5.69 Å². The van der Waals surface area contributed by atoms with Gasteiger partial charge in [0.25, 0.3) is 0 Å². The number of hydrogen-bond donors (Lipinski definition) is 1. The van der Waals surface area contributed by atoms with Crippen molar-refractivity contribution in [2.45, 2.75) is 26.8 Å². The fourth-order valence-corrected chi connectivity index (χ4v) is 2.72. The van der Waals surface area contributed by atoms with Crippen LogP contribution >= 0.6 is 0 Å². The lowest BCUT2D eigenvalue weighted by atomic mass is 10.2. The predicted molar refractivity (Wildman–Crippen MR) is 79.6 cm³/mol. The molecule has 1 unspecified atom stereocenters. The van der Waals surface area contributed by atoms with Crippen molar-refractivity contribution in [3.8, 4) is 5.75 Å². The third-order valence-corrected chi connectivity index (χ3v) is 3.52. The van der Waals surface area contributed by atoms with Gasteiger partial charge in [0.1, 0.15) is 15.6 Å². The Hall–Kier alpha value is -1.23. The number of nitrogens with one attached hydrogen (secondary N) is 1. The molecule has 19 heavy (non-hydrogen) atoms. The standard InChI is InChI=1S/C14H23NO3S/c1-11(2)9-18-14-8-6-5-7-13(14)15-12(3)10-19(4,16)17/h5-8,11-12,15H,9-10H2,1-4H3. The van der Waals surface area contributed by atoms with E-state index in [1.165, 1.54) is 6.26 Å². The first-order valence-electron chi connectivity index (χ1n) is 6.44. The minimum atomic E-state index is -2.99. The highest BCUT2D eigenvalue weighted by Crippen LogP contribution is 2.25. The summed E-state index contributed by atoms with van der Waals surface area (Å²) in [6.45, 7) is 6.66. The molecule has 1 aromatic rings. The van der Waals surface area contributed by atoms with E-state index in [1.54, 1.807) is 0 Å². The highest BCUT2D eigenvalue weighted by atomic mass is 32.2. The summed E-state index contributed by atoms with van der Waals surface area (Å²) in [5.74, 6) is 1.31. The molecule has 4 nitrogen and oxygen atoms in total. The van der Waals surface area contributed by atoms with E-state index >= 15 is 0 Å². The quantitative estimate of drug-likeness (QED) is 0.836. The lowest BCUT2D eigenvalue weighted by Crippen LogP contribution is -2.25. The van der Waals surface area contributed by atoms with E-state index in [0.29, 0.717) is 12.5 Å². The Labute approximate surface area is 116 Å². The second-order valence-corrected chi connectivity index (χ2v) is 7.52. The van der Waals surface area contributed by atoms with Crippen molar-refractivity contribution in [2.24, 2.45) is 5.92 Å². The fraction of sp³-hybridized carbons (Fsp3) is 0.571. The first kappa shape index (κ1) is 15.8. The van der Waals surface area contributed by atoms with Crippen molar-refractivity contribution in [3.63, 3.8) is 0 Å². The number of para-hydroxylation sites is 2. The summed E-state index contributed by atoms with van der Waals surface area (Å²) < 4.78 is 28.2. The molecule has 0 amide bonds. The molecule has 1 atom stereocenters. The number of ether oxygens (including phenoxy) is 1. The maximum absolute atomic E-state index is 11.3. The lowest BCUT2D eigenvalue weighted by Gasteiger charge is -2.18. The van der Waals surface area contributed by atoms with Crippen molar-refractivity contribution in [1.82, 2.24) is 0 Å². The summed E-state index contributed by atoms with van der Waals surface area (Å²) >= 11 is 0. The van der Waals surface area contributed by atoms with Gasteiger partial charge in [0.2, 0.25) is 0 Å². The summed E-state index contributed by atoms with van der Waals surface area (Å²) in [5.41, 5.74) is 0.833. The average molecular weight is 285 g/mol. The first-order valence-corrected chi connectivity index (χ1v) is 8.50. The summed E-state index contributed by atoms with van der Waals surface area (Å²) in [5, 5.41) is 3.19. The smallest absolute Gasteiger partial charge is 0.149 e. The van der Waals surface area contributed by atoms with E-state index in [2.05, 4.69) is 19.2 Å².